The van der Waals surface area contributed by atoms with E-state index in [1.54, 1.807) is 12.1 Å². The van der Waals surface area contributed by atoms with Crippen molar-refractivity contribution >= 4 is 29.5 Å². The van der Waals surface area contributed by atoms with Gasteiger partial charge >= 0.3 is 5.97 Å². The molecular weight excluding hydrogens is 385 g/mol. The van der Waals surface area contributed by atoms with Crippen LogP contribution in [-0.2, 0) is 9.47 Å². The zero-order valence-electron chi connectivity index (χ0n) is 15.7. The molecule has 0 saturated heterocycles. The van der Waals surface area contributed by atoms with Crippen LogP contribution in [0.2, 0.25) is 5.02 Å². The average Bonchev–Trinajstić information content (AvgIpc) is 3.52. The maximum Gasteiger partial charge on any atom is 0.357 e. The standard InChI is InChI=1S/C20H21ClFN3O3/c1-3-28-9-8-14-17(20(26)27-2)24-18(13-6-7-15(21)16(22)10-13)25-19(14)23-11-12-4-5-12/h6-10,12H,3-5,11H2,1-2H3,(H,23,24,25). The van der Waals surface area contributed by atoms with Crippen LogP contribution < -0.4 is 5.32 Å². The number of nitrogens with zero attached hydrogens (tertiary/aromatic N) is 2. The minimum Gasteiger partial charge on any atom is -0.501 e. The minimum absolute atomic E-state index is 0.000270. The van der Waals surface area contributed by atoms with E-state index in [1.807, 2.05) is 6.92 Å². The zero-order valence-corrected chi connectivity index (χ0v) is 16.4. The summed E-state index contributed by atoms with van der Waals surface area (Å²) in [4.78, 5) is 21.2. The van der Waals surface area contributed by atoms with Gasteiger partial charge in [0, 0.05) is 12.1 Å². The Morgan fingerprint density at radius 2 is 2.18 bits per heavy atom. The largest absolute Gasteiger partial charge is 0.501 e. The second kappa shape index (κ2) is 9.01. The number of methoxy groups -OCH3 is 1. The predicted octanol–water partition coefficient (Wildman–Crippen LogP) is 4.55. The van der Waals surface area contributed by atoms with E-state index in [0.717, 1.165) is 19.4 Å². The SMILES string of the molecule is CCOC=Cc1c(NCC2CC2)nc(-c2ccc(Cl)c(F)c2)nc1C(=O)OC. The lowest BCUT2D eigenvalue weighted by Crippen LogP contribution is -2.14. The minimum atomic E-state index is -0.622. The maximum atomic E-state index is 13.9. The lowest BCUT2D eigenvalue weighted by molar-refractivity contribution is 0.0593. The topological polar surface area (TPSA) is 73.3 Å². The number of hydrogen-bond donors (Lipinski definition) is 1. The molecule has 0 atom stereocenters. The molecule has 28 heavy (non-hydrogen) atoms. The fourth-order valence-electron chi connectivity index (χ4n) is 2.55. The van der Waals surface area contributed by atoms with Crippen LogP contribution >= 0.6 is 11.6 Å². The van der Waals surface area contributed by atoms with Gasteiger partial charge in [-0.3, -0.25) is 0 Å². The highest BCUT2D eigenvalue weighted by molar-refractivity contribution is 6.30. The molecule has 1 aliphatic rings. The number of carbonyl (C=O) groups is 1. The Bertz CT molecular complexity index is 901. The molecule has 1 heterocycles. The van der Waals surface area contributed by atoms with E-state index in [4.69, 9.17) is 21.1 Å². The molecule has 2 aromatic rings. The molecule has 6 nitrogen and oxygen atoms in total. The van der Waals surface area contributed by atoms with Gasteiger partial charge in [-0.2, -0.15) is 0 Å². The lowest BCUT2D eigenvalue weighted by atomic mass is 10.1. The molecule has 0 bridgehead atoms. The molecule has 8 heteroatoms. The maximum absolute atomic E-state index is 13.9. The van der Waals surface area contributed by atoms with Gasteiger partial charge in [-0.1, -0.05) is 11.6 Å². The molecule has 0 unspecified atom stereocenters. The summed E-state index contributed by atoms with van der Waals surface area (Å²) in [6.07, 6.45) is 5.41. The summed E-state index contributed by atoms with van der Waals surface area (Å²) in [5, 5.41) is 3.27. The number of aromatic nitrogens is 2. The van der Waals surface area contributed by atoms with Crippen LogP contribution in [0.15, 0.2) is 24.5 Å². The lowest BCUT2D eigenvalue weighted by Gasteiger charge is -2.14. The number of carbonyl (C=O) groups excluding carboxylic acids is 1. The van der Waals surface area contributed by atoms with Crippen molar-refractivity contribution in [1.82, 2.24) is 9.97 Å². The van der Waals surface area contributed by atoms with Crippen LogP contribution in [0, 0.1) is 11.7 Å². The van der Waals surface area contributed by atoms with Crippen LogP contribution in [0.4, 0.5) is 10.2 Å². The second-order valence-corrected chi connectivity index (χ2v) is 6.77. The number of ether oxygens (including phenoxy) is 2. The van der Waals surface area contributed by atoms with Gasteiger partial charge in [-0.05, 0) is 50.0 Å². The number of rotatable bonds is 8. The van der Waals surface area contributed by atoms with Gasteiger partial charge in [0.15, 0.2) is 11.5 Å². The molecule has 1 aromatic carbocycles. The quantitative estimate of drug-likeness (QED) is 0.513. The van der Waals surface area contributed by atoms with Gasteiger partial charge in [-0.25, -0.2) is 19.2 Å². The summed E-state index contributed by atoms with van der Waals surface area (Å²) in [5.41, 5.74) is 0.929. The molecule has 0 spiro atoms. The van der Waals surface area contributed by atoms with Crippen molar-refractivity contribution in [2.24, 2.45) is 5.92 Å². The third-order valence-electron chi connectivity index (χ3n) is 4.25. The van der Waals surface area contributed by atoms with Gasteiger partial charge in [0.2, 0.25) is 0 Å². The third-order valence-corrected chi connectivity index (χ3v) is 4.56. The highest BCUT2D eigenvalue weighted by Crippen LogP contribution is 2.31. The zero-order chi connectivity index (χ0) is 20.1. The van der Waals surface area contributed by atoms with Gasteiger partial charge in [0.25, 0.3) is 0 Å². The second-order valence-electron chi connectivity index (χ2n) is 6.36. The van der Waals surface area contributed by atoms with Gasteiger partial charge in [0.1, 0.15) is 11.6 Å². The number of halogens is 2. The number of esters is 1. The Balaban J connectivity index is 2.10. The summed E-state index contributed by atoms with van der Waals surface area (Å²) in [6.45, 7) is 3.06. The monoisotopic (exact) mass is 405 g/mol. The first kappa shape index (κ1) is 20.1. The van der Waals surface area contributed by atoms with Crippen molar-refractivity contribution < 1.29 is 18.7 Å². The van der Waals surface area contributed by atoms with E-state index < -0.39 is 11.8 Å². The van der Waals surface area contributed by atoms with Crippen LogP contribution in [0.25, 0.3) is 17.5 Å². The number of hydrogen-bond acceptors (Lipinski definition) is 6. The summed E-state index contributed by atoms with van der Waals surface area (Å²) >= 11 is 5.77. The van der Waals surface area contributed by atoms with E-state index in [1.165, 1.54) is 25.5 Å². The van der Waals surface area contributed by atoms with E-state index in [0.29, 0.717) is 29.5 Å². The Labute approximate surface area is 167 Å². The molecule has 148 valence electrons. The van der Waals surface area contributed by atoms with Crippen molar-refractivity contribution in [1.29, 1.82) is 0 Å². The summed E-state index contributed by atoms with van der Waals surface area (Å²) in [7, 11) is 1.28. The van der Waals surface area contributed by atoms with E-state index in [9.17, 15) is 9.18 Å². The normalized spacial score (nSPS) is 13.6. The number of anilines is 1. The van der Waals surface area contributed by atoms with Crippen molar-refractivity contribution in [2.75, 3.05) is 25.6 Å². The molecule has 1 aliphatic carbocycles. The number of nitrogens with one attached hydrogen (secondary N) is 1. The van der Waals surface area contributed by atoms with Crippen LogP contribution in [0.5, 0.6) is 0 Å². The Morgan fingerprint density at radius 1 is 1.39 bits per heavy atom. The van der Waals surface area contributed by atoms with E-state index in [-0.39, 0.29) is 16.5 Å². The van der Waals surface area contributed by atoms with Crippen molar-refractivity contribution in [2.45, 2.75) is 19.8 Å². The summed E-state index contributed by atoms with van der Waals surface area (Å²) in [5.74, 6) is 0.0297. The van der Waals surface area contributed by atoms with E-state index >= 15 is 0 Å². The Hall–Kier alpha value is -2.67. The first-order valence-electron chi connectivity index (χ1n) is 9.01. The third kappa shape index (κ3) is 4.78. The predicted molar refractivity (Wildman–Crippen MR) is 106 cm³/mol. The number of benzene rings is 1. The molecule has 1 N–H and O–H groups in total. The van der Waals surface area contributed by atoms with Crippen molar-refractivity contribution in [3.63, 3.8) is 0 Å². The van der Waals surface area contributed by atoms with Crippen molar-refractivity contribution in [3.8, 4) is 11.4 Å². The van der Waals surface area contributed by atoms with Gasteiger partial charge < -0.3 is 14.8 Å². The highest BCUT2D eigenvalue weighted by atomic mass is 35.5. The molecule has 0 aliphatic heterocycles. The summed E-state index contributed by atoms with van der Waals surface area (Å²) < 4.78 is 24.1. The molecule has 1 aromatic heterocycles. The van der Waals surface area contributed by atoms with Crippen LogP contribution in [-0.4, -0.2) is 36.2 Å². The summed E-state index contributed by atoms with van der Waals surface area (Å²) in [6, 6.07) is 4.26. The Morgan fingerprint density at radius 3 is 2.82 bits per heavy atom. The van der Waals surface area contributed by atoms with Crippen molar-refractivity contribution in [3.05, 3.63) is 46.6 Å². The van der Waals surface area contributed by atoms with Gasteiger partial charge in [-0.15, -0.1) is 0 Å². The fourth-order valence-corrected chi connectivity index (χ4v) is 2.67. The Kier molecular flexibility index (Phi) is 6.46. The van der Waals surface area contributed by atoms with E-state index in [2.05, 4.69) is 15.3 Å². The molecule has 1 saturated carbocycles. The first-order valence-corrected chi connectivity index (χ1v) is 9.39. The molecular formula is C20H21ClFN3O3. The smallest absolute Gasteiger partial charge is 0.357 e. The molecule has 1 fully saturated rings. The molecule has 0 amide bonds. The highest BCUT2D eigenvalue weighted by Gasteiger charge is 2.24. The molecule has 0 radical (unpaired) electrons. The van der Waals surface area contributed by atoms with Crippen LogP contribution in [0.1, 0.15) is 35.8 Å². The van der Waals surface area contributed by atoms with Gasteiger partial charge in [0.05, 0.1) is 30.6 Å². The molecule has 3 rings (SSSR count). The van der Waals surface area contributed by atoms with Crippen LogP contribution in [0.3, 0.4) is 0 Å². The fraction of sp³-hybridized carbons (Fsp3) is 0.350. The average molecular weight is 406 g/mol. The first-order chi connectivity index (χ1) is 13.5.